The molecule has 1 heterocycles. The van der Waals surface area contributed by atoms with Crippen molar-refractivity contribution in [2.45, 2.75) is 6.04 Å². The van der Waals surface area contributed by atoms with Crippen molar-refractivity contribution < 1.29 is 9.13 Å². The van der Waals surface area contributed by atoms with Gasteiger partial charge in [-0.05, 0) is 6.07 Å². The highest BCUT2D eigenvalue weighted by Crippen LogP contribution is 2.29. The number of ether oxygens (including phenoxy) is 1. The predicted molar refractivity (Wildman–Crippen MR) is 80.6 cm³/mol. The summed E-state index contributed by atoms with van der Waals surface area (Å²) >= 11 is 0. The number of hydrogen-bond donors (Lipinski definition) is 1. The van der Waals surface area contributed by atoms with Crippen LogP contribution in [0, 0.1) is 0 Å². The smallest absolute Gasteiger partial charge is 0.123 e. The van der Waals surface area contributed by atoms with Crippen LogP contribution in [-0.2, 0) is 0 Å². The molecule has 1 N–H and O–H groups in total. The Balaban J connectivity index is 0.00000162. The molecular weight excluding hydrogens is 290 g/mol. The van der Waals surface area contributed by atoms with Crippen LogP contribution in [0.25, 0.3) is 0 Å². The lowest BCUT2D eigenvalue weighted by atomic mass is 10.0. The lowest BCUT2D eigenvalue weighted by Gasteiger charge is -2.34. The molecule has 0 saturated carbocycles. The van der Waals surface area contributed by atoms with Crippen molar-refractivity contribution in [2.24, 2.45) is 0 Å². The number of hydrogen-bond acceptors (Lipinski definition) is 3. The topological polar surface area (TPSA) is 24.5 Å². The number of nitrogens with one attached hydrogen (secondary N) is 1. The molecule has 6 heteroatoms. The van der Waals surface area contributed by atoms with E-state index >= 15 is 0 Å². The Morgan fingerprint density at radius 1 is 1.26 bits per heavy atom. The van der Waals surface area contributed by atoms with E-state index in [9.17, 15) is 4.39 Å². The molecule has 1 aliphatic rings. The zero-order valence-corrected chi connectivity index (χ0v) is 12.6. The van der Waals surface area contributed by atoms with Crippen LogP contribution < -0.4 is 10.1 Å². The van der Waals surface area contributed by atoms with Gasteiger partial charge in [0.15, 0.2) is 0 Å². The van der Waals surface area contributed by atoms with Crippen LogP contribution in [0.4, 0.5) is 4.39 Å². The Kier molecular flexibility index (Phi) is 9.10. The van der Waals surface area contributed by atoms with E-state index in [1.54, 1.807) is 7.11 Å². The minimum Gasteiger partial charge on any atom is -0.496 e. The quantitative estimate of drug-likeness (QED) is 0.924. The number of nitrogens with zero attached hydrogens (tertiary/aromatic N) is 1. The third-order valence-corrected chi connectivity index (χ3v) is 3.24. The van der Waals surface area contributed by atoms with E-state index in [4.69, 9.17) is 4.74 Å². The van der Waals surface area contributed by atoms with Gasteiger partial charge in [-0.1, -0.05) is 18.2 Å². The molecule has 19 heavy (non-hydrogen) atoms. The second-order valence-corrected chi connectivity index (χ2v) is 4.20. The van der Waals surface area contributed by atoms with Gasteiger partial charge in [-0.15, -0.1) is 24.8 Å². The lowest BCUT2D eigenvalue weighted by Crippen LogP contribution is -2.45. The van der Waals surface area contributed by atoms with E-state index < -0.39 is 0 Å². The predicted octanol–water partition coefficient (Wildman–Crippen LogP) is 2.45. The standard InChI is InChI=1S/C13H19FN2O.2ClH/c1-17-13-5-3-2-4-11(13)12(10-14)16-8-6-15-7-9-16;;/h2-5,12,15H,6-10H2,1H3;2*1H/t12-;;/m1../s1. The van der Waals surface area contributed by atoms with E-state index in [-0.39, 0.29) is 37.5 Å². The Hall–Kier alpha value is -0.550. The zero-order valence-electron chi connectivity index (χ0n) is 11.0. The first kappa shape index (κ1) is 18.4. The average molecular weight is 311 g/mol. The molecule has 0 unspecified atom stereocenters. The monoisotopic (exact) mass is 310 g/mol. The highest BCUT2D eigenvalue weighted by atomic mass is 35.5. The fraction of sp³-hybridized carbons (Fsp3) is 0.538. The molecule has 3 nitrogen and oxygen atoms in total. The number of para-hydroxylation sites is 1. The summed E-state index contributed by atoms with van der Waals surface area (Å²) in [5, 5.41) is 3.28. The average Bonchev–Trinajstić information content (AvgIpc) is 2.41. The molecule has 1 aromatic carbocycles. The van der Waals surface area contributed by atoms with Gasteiger partial charge >= 0.3 is 0 Å². The van der Waals surface area contributed by atoms with Crippen LogP contribution in [0.2, 0.25) is 0 Å². The Morgan fingerprint density at radius 2 is 1.89 bits per heavy atom. The maximum Gasteiger partial charge on any atom is 0.123 e. The van der Waals surface area contributed by atoms with Gasteiger partial charge < -0.3 is 10.1 Å². The SMILES string of the molecule is COc1ccccc1[C@@H](CF)N1CCNCC1.Cl.Cl. The molecule has 1 saturated heterocycles. The van der Waals surface area contributed by atoms with E-state index in [2.05, 4.69) is 10.2 Å². The Bertz CT molecular complexity index is 362. The van der Waals surface area contributed by atoms with E-state index in [1.165, 1.54) is 0 Å². The largest absolute Gasteiger partial charge is 0.496 e. The first-order valence-electron chi connectivity index (χ1n) is 6.00. The van der Waals surface area contributed by atoms with Crippen LogP contribution in [0.1, 0.15) is 11.6 Å². The van der Waals surface area contributed by atoms with E-state index in [0.29, 0.717) is 0 Å². The molecule has 2 rings (SSSR count). The zero-order chi connectivity index (χ0) is 12.1. The van der Waals surface area contributed by atoms with E-state index in [1.807, 2.05) is 24.3 Å². The molecule has 110 valence electrons. The second kappa shape index (κ2) is 9.37. The molecule has 1 fully saturated rings. The molecule has 0 aliphatic carbocycles. The summed E-state index contributed by atoms with van der Waals surface area (Å²) in [4.78, 5) is 2.17. The summed E-state index contributed by atoms with van der Waals surface area (Å²) in [6, 6.07) is 7.50. The molecule has 1 aliphatic heterocycles. The number of methoxy groups -OCH3 is 1. The summed E-state index contributed by atoms with van der Waals surface area (Å²) in [5.74, 6) is 0.772. The van der Waals surface area contributed by atoms with E-state index in [0.717, 1.165) is 37.5 Å². The van der Waals surface area contributed by atoms with Gasteiger partial charge in [0.2, 0.25) is 0 Å². The van der Waals surface area contributed by atoms with Crippen LogP contribution >= 0.6 is 24.8 Å². The molecule has 0 radical (unpaired) electrons. The Morgan fingerprint density at radius 3 is 2.47 bits per heavy atom. The highest BCUT2D eigenvalue weighted by Gasteiger charge is 2.24. The number of rotatable bonds is 4. The summed E-state index contributed by atoms with van der Waals surface area (Å²) in [6.45, 7) is 3.23. The molecular formula is C13H21Cl2FN2O. The summed E-state index contributed by atoms with van der Waals surface area (Å²) < 4.78 is 18.6. The van der Waals surface area contributed by atoms with Gasteiger partial charge in [-0.3, -0.25) is 4.90 Å². The van der Waals surface area contributed by atoms with Gasteiger partial charge in [-0.2, -0.15) is 0 Å². The van der Waals surface area contributed by atoms with Crippen LogP contribution in [0.15, 0.2) is 24.3 Å². The van der Waals surface area contributed by atoms with Gasteiger partial charge in [0.1, 0.15) is 12.4 Å². The fourth-order valence-electron chi connectivity index (χ4n) is 2.31. The summed E-state index contributed by atoms with van der Waals surface area (Å²) in [7, 11) is 1.63. The third-order valence-electron chi connectivity index (χ3n) is 3.24. The third kappa shape index (κ3) is 4.49. The highest BCUT2D eigenvalue weighted by molar-refractivity contribution is 5.85. The molecule has 0 aromatic heterocycles. The summed E-state index contributed by atoms with van der Waals surface area (Å²) in [5.41, 5.74) is 0.944. The molecule has 1 atom stereocenters. The normalized spacial score (nSPS) is 16.9. The van der Waals surface area contributed by atoms with Gasteiger partial charge in [0.05, 0.1) is 13.2 Å². The lowest BCUT2D eigenvalue weighted by molar-refractivity contribution is 0.145. The second-order valence-electron chi connectivity index (χ2n) is 4.20. The maximum atomic E-state index is 13.3. The molecule has 1 aromatic rings. The first-order valence-corrected chi connectivity index (χ1v) is 6.00. The molecule has 0 bridgehead atoms. The van der Waals surface area contributed by atoms with Crippen molar-refractivity contribution in [2.75, 3.05) is 40.0 Å². The molecule has 0 amide bonds. The van der Waals surface area contributed by atoms with Gasteiger partial charge in [-0.25, -0.2) is 4.39 Å². The Labute approximate surface area is 126 Å². The van der Waals surface area contributed by atoms with Crippen LogP contribution in [0.5, 0.6) is 5.75 Å². The van der Waals surface area contributed by atoms with Crippen molar-refractivity contribution in [3.63, 3.8) is 0 Å². The number of alkyl halides is 1. The van der Waals surface area contributed by atoms with Crippen LogP contribution in [0.3, 0.4) is 0 Å². The van der Waals surface area contributed by atoms with Crippen molar-refractivity contribution >= 4 is 24.8 Å². The van der Waals surface area contributed by atoms with Gasteiger partial charge in [0.25, 0.3) is 0 Å². The van der Waals surface area contributed by atoms with Crippen molar-refractivity contribution in [1.29, 1.82) is 0 Å². The number of halogens is 3. The van der Waals surface area contributed by atoms with Crippen molar-refractivity contribution in [3.05, 3.63) is 29.8 Å². The molecule has 0 spiro atoms. The van der Waals surface area contributed by atoms with Crippen LogP contribution in [-0.4, -0.2) is 44.9 Å². The minimum atomic E-state index is -0.375. The van der Waals surface area contributed by atoms with Crippen molar-refractivity contribution in [1.82, 2.24) is 10.2 Å². The number of benzene rings is 1. The number of piperazine rings is 1. The first-order chi connectivity index (χ1) is 8.36. The minimum absolute atomic E-state index is 0. The maximum absolute atomic E-state index is 13.3. The fourth-order valence-corrected chi connectivity index (χ4v) is 2.31. The van der Waals surface area contributed by atoms with Gasteiger partial charge in [0, 0.05) is 31.7 Å². The van der Waals surface area contributed by atoms with Crippen molar-refractivity contribution in [3.8, 4) is 5.75 Å². The summed E-state index contributed by atoms with van der Waals surface area (Å²) in [6.07, 6.45) is 0.